The highest BCUT2D eigenvalue weighted by Crippen LogP contribution is 2.22. The van der Waals surface area contributed by atoms with Gasteiger partial charge in [-0.1, -0.05) is 54.6 Å². The molecule has 0 spiro atoms. The van der Waals surface area contributed by atoms with Crippen LogP contribution in [0, 0.1) is 6.92 Å². The molecular weight excluding hydrogens is 250 g/mol. The summed E-state index contributed by atoms with van der Waals surface area (Å²) < 4.78 is 0. The fraction of sp³-hybridized carbons (Fsp3) is 0.294. The van der Waals surface area contributed by atoms with Crippen LogP contribution in [-0.2, 0) is 5.75 Å². The van der Waals surface area contributed by atoms with Crippen molar-refractivity contribution >= 4 is 11.8 Å². The molecule has 0 amide bonds. The molecule has 0 heterocycles. The van der Waals surface area contributed by atoms with Gasteiger partial charge in [0.25, 0.3) is 0 Å². The molecule has 1 N–H and O–H groups in total. The van der Waals surface area contributed by atoms with Gasteiger partial charge in [-0.3, -0.25) is 0 Å². The summed E-state index contributed by atoms with van der Waals surface area (Å²) in [5.41, 5.74) is 4.19. The van der Waals surface area contributed by atoms with E-state index in [0.29, 0.717) is 6.04 Å². The van der Waals surface area contributed by atoms with Gasteiger partial charge in [-0.25, -0.2) is 0 Å². The lowest BCUT2D eigenvalue weighted by atomic mass is 10.1. The van der Waals surface area contributed by atoms with E-state index >= 15 is 0 Å². The average molecular weight is 271 g/mol. The highest BCUT2D eigenvalue weighted by atomic mass is 32.2. The fourth-order valence-corrected chi connectivity index (χ4v) is 3.35. The standard InChI is InChI=1S/C17H21NS/c1-14-8-6-7-11-16(14)12-19-13-17(18-2)15-9-4-3-5-10-15/h3-11,17-18H,12-13H2,1-2H3. The van der Waals surface area contributed by atoms with Crippen LogP contribution in [0.5, 0.6) is 0 Å². The maximum Gasteiger partial charge on any atom is 0.0409 e. The van der Waals surface area contributed by atoms with Crippen molar-refractivity contribution in [3.8, 4) is 0 Å². The first-order chi connectivity index (χ1) is 9.31. The van der Waals surface area contributed by atoms with Crippen molar-refractivity contribution in [2.24, 2.45) is 0 Å². The van der Waals surface area contributed by atoms with Crippen LogP contribution in [0.3, 0.4) is 0 Å². The summed E-state index contributed by atoms with van der Waals surface area (Å²) in [6.07, 6.45) is 0. The Balaban J connectivity index is 1.89. The number of hydrogen-bond acceptors (Lipinski definition) is 2. The molecule has 2 aromatic carbocycles. The first kappa shape index (κ1) is 14.2. The minimum absolute atomic E-state index is 0.426. The summed E-state index contributed by atoms with van der Waals surface area (Å²) in [6.45, 7) is 2.18. The highest BCUT2D eigenvalue weighted by Gasteiger charge is 2.08. The van der Waals surface area contributed by atoms with E-state index in [1.807, 2.05) is 18.8 Å². The third kappa shape index (κ3) is 4.12. The van der Waals surface area contributed by atoms with E-state index in [9.17, 15) is 0 Å². The predicted molar refractivity (Wildman–Crippen MR) is 85.6 cm³/mol. The van der Waals surface area contributed by atoms with Crippen molar-refractivity contribution in [2.75, 3.05) is 12.8 Å². The van der Waals surface area contributed by atoms with Crippen molar-refractivity contribution in [1.29, 1.82) is 0 Å². The SMILES string of the molecule is CNC(CSCc1ccccc1C)c1ccccc1. The molecule has 1 unspecified atom stereocenters. The summed E-state index contributed by atoms with van der Waals surface area (Å²) in [5.74, 6) is 2.17. The van der Waals surface area contributed by atoms with Gasteiger partial charge in [-0.15, -0.1) is 0 Å². The lowest BCUT2D eigenvalue weighted by Crippen LogP contribution is -2.18. The third-order valence-electron chi connectivity index (χ3n) is 3.35. The van der Waals surface area contributed by atoms with Gasteiger partial charge in [0.2, 0.25) is 0 Å². The minimum atomic E-state index is 0.426. The van der Waals surface area contributed by atoms with E-state index in [1.54, 1.807) is 0 Å². The maximum absolute atomic E-state index is 3.40. The Labute approximate surface area is 120 Å². The molecular formula is C17H21NS. The van der Waals surface area contributed by atoms with Crippen LogP contribution >= 0.6 is 11.8 Å². The monoisotopic (exact) mass is 271 g/mol. The van der Waals surface area contributed by atoms with Gasteiger partial charge in [0.1, 0.15) is 0 Å². The lowest BCUT2D eigenvalue weighted by Gasteiger charge is -2.16. The molecule has 0 aliphatic carbocycles. The first-order valence-corrected chi connectivity index (χ1v) is 7.81. The number of benzene rings is 2. The van der Waals surface area contributed by atoms with Crippen molar-refractivity contribution in [1.82, 2.24) is 5.32 Å². The molecule has 0 saturated carbocycles. The first-order valence-electron chi connectivity index (χ1n) is 6.65. The second-order valence-electron chi connectivity index (χ2n) is 4.69. The summed E-state index contributed by atoms with van der Waals surface area (Å²) in [6, 6.07) is 19.7. The Bertz CT molecular complexity index is 496. The molecule has 1 atom stereocenters. The predicted octanol–water partition coefficient (Wildman–Crippen LogP) is 4.19. The van der Waals surface area contributed by atoms with Gasteiger partial charge in [0.05, 0.1) is 0 Å². The van der Waals surface area contributed by atoms with E-state index in [-0.39, 0.29) is 0 Å². The van der Waals surface area contributed by atoms with Crippen LogP contribution in [0.1, 0.15) is 22.7 Å². The van der Waals surface area contributed by atoms with E-state index in [0.717, 1.165) is 11.5 Å². The van der Waals surface area contributed by atoms with Crippen molar-refractivity contribution < 1.29 is 0 Å². The molecule has 1 nitrogen and oxygen atoms in total. The number of thioether (sulfide) groups is 1. The Morgan fingerprint density at radius 1 is 1.00 bits per heavy atom. The van der Waals surface area contributed by atoms with Gasteiger partial charge >= 0.3 is 0 Å². The molecule has 2 rings (SSSR count). The normalized spacial score (nSPS) is 12.3. The van der Waals surface area contributed by atoms with Crippen molar-refractivity contribution in [2.45, 2.75) is 18.7 Å². The molecule has 0 fully saturated rings. The maximum atomic E-state index is 3.40. The van der Waals surface area contributed by atoms with E-state index < -0.39 is 0 Å². The number of rotatable bonds is 6. The zero-order valence-electron chi connectivity index (χ0n) is 11.6. The van der Waals surface area contributed by atoms with Crippen molar-refractivity contribution in [3.63, 3.8) is 0 Å². The number of hydrogen-bond donors (Lipinski definition) is 1. The number of nitrogens with one attached hydrogen (secondary N) is 1. The molecule has 0 bridgehead atoms. The van der Waals surface area contributed by atoms with Crippen LogP contribution in [0.2, 0.25) is 0 Å². The van der Waals surface area contributed by atoms with Crippen molar-refractivity contribution in [3.05, 3.63) is 71.3 Å². The van der Waals surface area contributed by atoms with Crippen LogP contribution in [-0.4, -0.2) is 12.8 Å². The van der Waals surface area contributed by atoms with Gasteiger partial charge in [0, 0.05) is 17.5 Å². The molecule has 2 aromatic rings. The quantitative estimate of drug-likeness (QED) is 0.845. The molecule has 0 aromatic heterocycles. The summed E-state index contributed by atoms with van der Waals surface area (Å²) in [4.78, 5) is 0. The molecule has 100 valence electrons. The van der Waals surface area contributed by atoms with E-state index in [4.69, 9.17) is 0 Å². The van der Waals surface area contributed by atoms with E-state index in [1.165, 1.54) is 16.7 Å². The average Bonchev–Trinajstić information content (AvgIpc) is 2.46. The van der Waals surface area contributed by atoms with Gasteiger partial charge in [0.15, 0.2) is 0 Å². The summed E-state index contributed by atoms with van der Waals surface area (Å²) >= 11 is 1.99. The fourth-order valence-electron chi connectivity index (χ4n) is 2.09. The van der Waals surface area contributed by atoms with Gasteiger partial charge in [-0.2, -0.15) is 11.8 Å². The summed E-state index contributed by atoms with van der Waals surface area (Å²) in [5, 5.41) is 3.40. The zero-order valence-corrected chi connectivity index (χ0v) is 12.4. The summed E-state index contributed by atoms with van der Waals surface area (Å²) in [7, 11) is 2.03. The Morgan fingerprint density at radius 2 is 1.68 bits per heavy atom. The molecule has 0 aliphatic rings. The van der Waals surface area contributed by atoms with Crippen LogP contribution in [0.25, 0.3) is 0 Å². The Morgan fingerprint density at radius 3 is 2.37 bits per heavy atom. The van der Waals surface area contributed by atoms with Crippen LogP contribution < -0.4 is 5.32 Å². The molecule has 2 heteroatoms. The Kier molecular flexibility index (Phi) is 5.49. The topological polar surface area (TPSA) is 12.0 Å². The molecule has 0 radical (unpaired) electrons. The zero-order chi connectivity index (χ0) is 13.5. The molecule has 19 heavy (non-hydrogen) atoms. The number of aryl methyl sites for hydroxylation is 1. The van der Waals surface area contributed by atoms with Gasteiger partial charge in [-0.05, 0) is 30.7 Å². The highest BCUT2D eigenvalue weighted by molar-refractivity contribution is 7.98. The molecule has 0 saturated heterocycles. The second-order valence-corrected chi connectivity index (χ2v) is 5.72. The van der Waals surface area contributed by atoms with Gasteiger partial charge < -0.3 is 5.32 Å². The van der Waals surface area contributed by atoms with E-state index in [2.05, 4.69) is 66.8 Å². The largest absolute Gasteiger partial charge is 0.312 e. The molecule has 0 aliphatic heterocycles. The third-order valence-corrected chi connectivity index (χ3v) is 4.44. The lowest BCUT2D eigenvalue weighted by molar-refractivity contribution is 0.662. The van der Waals surface area contributed by atoms with Crippen LogP contribution in [0.15, 0.2) is 54.6 Å². The smallest absolute Gasteiger partial charge is 0.0409 e. The second kappa shape index (κ2) is 7.37. The minimum Gasteiger partial charge on any atom is -0.312 e. The Hall–Kier alpha value is -1.25. The van der Waals surface area contributed by atoms with Crippen LogP contribution in [0.4, 0.5) is 0 Å².